The first-order valence-corrected chi connectivity index (χ1v) is 8.10. The van der Waals surface area contributed by atoms with Crippen LogP contribution in [0.15, 0.2) is 30.3 Å². The van der Waals surface area contributed by atoms with Crippen LogP contribution in [0.25, 0.3) is 0 Å². The molecule has 1 aliphatic rings. The van der Waals surface area contributed by atoms with Gasteiger partial charge in [-0.2, -0.15) is 0 Å². The fraction of sp³-hybridized carbons (Fsp3) is 0.500. The zero-order valence-electron chi connectivity index (χ0n) is 14.9. The minimum Gasteiger partial charge on any atom is -0.451 e. The minimum atomic E-state index is -1.41. The van der Waals surface area contributed by atoms with Gasteiger partial charge in [-0.15, -0.1) is 0 Å². The lowest BCUT2D eigenvalue weighted by Gasteiger charge is -2.32. The van der Waals surface area contributed by atoms with Gasteiger partial charge in [-0.1, -0.05) is 30.3 Å². The molecule has 1 fully saturated rings. The molecule has 8 nitrogen and oxygen atoms in total. The van der Waals surface area contributed by atoms with Gasteiger partial charge in [0.1, 0.15) is 0 Å². The van der Waals surface area contributed by atoms with E-state index in [1.165, 1.54) is 20.8 Å². The number of esters is 3. The number of carbonyl (C=O) groups is 3. The fourth-order valence-electron chi connectivity index (χ4n) is 2.68. The van der Waals surface area contributed by atoms with E-state index < -0.39 is 35.9 Å². The van der Waals surface area contributed by atoms with Crippen molar-refractivity contribution in [3.63, 3.8) is 0 Å². The van der Waals surface area contributed by atoms with E-state index >= 15 is 0 Å². The van der Waals surface area contributed by atoms with Crippen LogP contribution >= 0.6 is 0 Å². The fourth-order valence-corrected chi connectivity index (χ4v) is 2.68. The molecule has 1 saturated heterocycles. The summed E-state index contributed by atoms with van der Waals surface area (Å²) >= 11 is 0. The molecule has 0 amide bonds. The first-order chi connectivity index (χ1) is 12.3. The molecule has 142 valence electrons. The Morgan fingerprint density at radius 3 is 2.27 bits per heavy atom. The van der Waals surface area contributed by atoms with Gasteiger partial charge in [0.15, 0.2) is 0 Å². The summed E-state index contributed by atoms with van der Waals surface area (Å²) in [4.78, 5) is 34.4. The summed E-state index contributed by atoms with van der Waals surface area (Å²) < 4.78 is 26.8. The average Bonchev–Trinajstić information content (AvgIpc) is 2.85. The summed E-state index contributed by atoms with van der Waals surface area (Å²) in [6.45, 7) is 3.64. The Kier molecular flexibility index (Phi) is 6.70. The van der Waals surface area contributed by atoms with E-state index in [4.69, 9.17) is 23.7 Å². The standard InChI is InChI=1S/C18H22O8/c1-12(19)24-16-17(25-13(2)20)23-11-18(16,26-14(3)21)10-22-9-15-7-5-4-6-8-15/h4-8,16-17H,9-11H2,1-3H3/t16-,17?,18-/m0/s1. The zero-order valence-corrected chi connectivity index (χ0v) is 14.9. The molecule has 1 aliphatic heterocycles. The number of rotatable bonds is 7. The third-order valence-electron chi connectivity index (χ3n) is 3.64. The Labute approximate surface area is 151 Å². The third-order valence-corrected chi connectivity index (χ3v) is 3.64. The maximum atomic E-state index is 11.6. The van der Waals surface area contributed by atoms with E-state index in [0.717, 1.165) is 5.56 Å². The molecule has 0 bridgehead atoms. The van der Waals surface area contributed by atoms with Crippen LogP contribution < -0.4 is 0 Å². The summed E-state index contributed by atoms with van der Waals surface area (Å²) in [5.41, 5.74) is -0.489. The zero-order chi connectivity index (χ0) is 19.2. The molecule has 3 atom stereocenters. The molecule has 1 aromatic rings. The number of carbonyl (C=O) groups excluding carboxylic acids is 3. The SMILES string of the molecule is CC(=O)OC1OC[C@](COCc2ccccc2)(OC(C)=O)[C@H]1OC(C)=O. The molecular formula is C18H22O8. The highest BCUT2D eigenvalue weighted by atomic mass is 16.7. The van der Waals surface area contributed by atoms with Crippen LogP contribution in [0, 0.1) is 0 Å². The second kappa shape index (κ2) is 8.77. The highest BCUT2D eigenvalue weighted by Gasteiger charge is 2.57. The smallest absolute Gasteiger partial charge is 0.305 e. The van der Waals surface area contributed by atoms with Crippen LogP contribution in [-0.4, -0.2) is 49.1 Å². The Bertz CT molecular complexity index is 644. The van der Waals surface area contributed by atoms with E-state index in [2.05, 4.69) is 0 Å². The van der Waals surface area contributed by atoms with Crippen molar-refractivity contribution in [3.05, 3.63) is 35.9 Å². The second-order valence-corrected chi connectivity index (χ2v) is 5.96. The molecule has 0 saturated carbocycles. The molecule has 1 unspecified atom stereocenters. The summed E-state index contributed by atoms with van der Waals surface area (Å²) in [5, 5.41) is 0. The van der Waals surface area contributed by atoms with Crippen LogP contribution in [0.4, 0.5) is 0 Å². The quantitative estimate of drug-likeness (QED) is 0.527. The van der Waals surface area contributed by atoms with Crippen molar-refractivity contribution in [1.82, 2.24) is 0 Å². The molecule has 0 aliphatic carbocycles. The van der Waals surface area contributed by atoms with E-state index in [9.17, 15) is 14.4 Å². The molecule has 1 aromatic carbocycles. The van der Waals surface area contributed by atoms with Crippen molar-refractivity contribution in [3.8, 4) is 0 Å². The summed E-state index contributed by atoms with van der Waals surface area (Å²) in [7, 11) is 0. The van der Waals surface area contributed by atoms with Crippen molar-refractivity contribution in [2.24, 2.45) is 0 Å². The van der Waals surface area contributed by atoms with Crippen molar-refractivity contribution < 1.29 is 38.1 Å². The normalized spacial score (nSPS) is 24.7. The Morgan fingerprint density at radius 1 is 1.04 bits per heavy atom. The first kappa shape index (κ1) is 19.9. The molecule has 26 heavy (non-hydrogen) atoms. The van der Waals surface area contributed by atoms with Gasteiger partial charge in [0.05, 0.1) is 19.8 Å². The van der Waals surface area contributed by atoms with Crippen LogP contribution in [-0.2, 0) is 44.7 Å². The van der Waals surface area contributed by atoms with Gasteiger partial charge >= 0.3 is 17.9 Å². The van der Waals surface area contributed by atoms with Crippen LogP contribution in [0.1, 0.15) is 26.3 Å². The number of hydrogen-bond donors (Lipinski definition) is 0. The topological polar surface area (TPSA) is 97.4 Å². The lowest BCUT2D eigenvalue weighted by molar-refractivity contribution is -0.204. The van der Waals surface area contributed by atoms with Gasteiger partial charge < -0.3 is 23.7 Å². The Morgan fingerprint density at radius 2 is 1.69 bits per heavy atom. The van der Waals surface area contributed by atoms with Crippen molar-refractivity contribution in [1.29, 1.82) is 0 Å². The van der Waals surface area contributed by atoms with E-state index in [-0.39, 0.29) is 19.8 Å². The Balaban J connectivity index is 2.16. The van der Waals surface area contributed by atoms with Crippen molar-refractivity contribution >= 4 is 17.9 Å². The first-order valence-electron chi connectivity index (χ1n) is 8.10. The van der Waals surface area contributed by atoms with Gasteiger partial charge in [0.25, 0.3) is 0 Å². The molecular weight excluding hydrogens is 344 g/mol. The van der Waals surface area contributed by atoms with Crippen molar-refractivity contribution in [2.75, 3.05) is 13.2 Å². The van der Waals surface area contributed by atoms with E-state index in [0.29, 0.717) is 0 Å². The van der Waals surface area contributed by atoms with Gasteiger partial charge in [-0.05, 0) is 5.56 Å². The molecule has 1 heterocycles. The minimum absolute atomic E-state index is 0.100. The summed E-state index contributed by atoms with van der Waals surface area (Å²) in [5.74, 6) is -1.84. The van der Waals surface area contributed by atoms with Gasteiger partial charge in [-0.25, -0.2) is 0 Å². The lowest BCUT2D eigenvalue weighted by atomic mass is 10.00. The third kappa shape index (κ3) is 5.27. The highest BCUT2D eigenvalue weighted by molar-refractivity contribution is 5.68. The molecule has 0 N–H and O–H groups in total. The van der Waals surface area contributed by atoms with Crippen LogP contribution in [0.5, 0.6) is 0 Å². The van der Waals surface area contributed by atoms with Gasteiger partial charge in [0, 0.05) is 20.8 Å². The number of ether oxygens (including phenoxy) is 5. The van der Waals surface area contributed by atoms with Gasteiger partial charge in [0.2, 0.25) is 18.0 Å². The van der Waals surface area contributed by atoms with Crippen molar-refractivity contribution in [2.45, 2.75) is 45.4 Å². The largest absolute Gasteiger partial charge is 0.451 e. The highest BCUT2D eigenvalue weighted by Crippen LogP contribution is 2.33. The lowest BCUT2D eigenvalue weighted by Crippen LogP contribution is -2.53. The Hall–Kier alpha value is -2.45. The second-order valence-electron chi connectivity index (χ2n) is 5.96. The predicted molar refractivity (Wildman–Crippen MR) is 87.7 cm³/mol. The maximum Gasteiger partial charge on any atom is 0.305 e. The molecule has 8 heteroatoms. The summed E-state index contributed by atoms with van der Waals surface area (Å²) in [6, 6.07) is 9.40. The number of benzene rings is 1. The van der Waals surface area contributed by atoms with Gasteiger partial charge in [-0.3, -0.25) is 14.4 Å². The van der Waals surface area contributed by atoms with E-state index in [1.807, 2.05) is 30.3 Å². The number of hydrogen-bond acceptors (Lipinski definition) is 8. The van der Waals surface area contributed by atoms with E-state index in [1.54, 1.807) is 0 Å². The molecule has 0 spiro atoms. The predicted octanol–water partition coefficient (Wildman–Crippen LogP) is 1.36. The monoisotopic (exact) mass is 366 g/mol. The average molecular weight is 366 g/mol. The molecule has 0 aromatic heterocycles. The summed E-state index contributed by atoms with van der Waals surface area (Å²) in [6.07, 6.45) is -2.32. The molecule has 0 radical (unpaired) electrons. The van der Waals surface area contributed by atoms with Crippen LogP contribution in [0.2, 0.25) is 0 Å². The maximum absolute atomic E-state index is 11.6. The molecule has 2 rings (SSSR count). The van der Waals surface area contributed by atoms with Crippen LogP contribution in [0.3, 0.4) is 0 Å².